The molecule has 1 aromatic carbocycles. The van der Waals surface area contributed by atoms with Gasteiger partial charge in [0.25, 0.3) is 0 Å². The van der Waals surface area contributed by atoms with Crippen molar-refractivity contribution in [1.29, 1.82) is 0 Å². The zero-order chi connectivity index (χ0) is 15.5. The molecule has 6 nitrogen and oxygen atoms in total. The van der Waals surface area contributed by atoms with E-state index in [0.717, 1.165) is 11.1 Å². The molecule has 1 atom stereocenters. The minimum atomic E-state index is -3.85. The number of nitrogens with one attached hydrogen (secondary N) is 1. The number of carbonyl (C=O) groups is 1. The first-order valence-electron chi connectivity index (χ1n) is 6.16. The SMILES string of the molecule is CC(NS(=O)(=O)c1ccc(-c2ccncc2)cc1)C(=O)O. The zero-order valence-corrected chi connectivity index (χ0v) is 12.0. The Hall–Kier alpha value is -2.25. The molecule has 0 amide bonds. The van der Waals surface area contributed by atoms with Gasteiger partial charge in [0.1, 0.15) is 6.04 Å². The van der Waals surface area contributed by atoms with Crippen molar-refractivity contribution in [3.63, 3.8) is 0 Å². The topological polar surface area (TPSA) is 96.4 Å². The number of nitrogens with zero attached hydrogens (tertiary/aromatic N) is 1. The van der Waals surface area contributed by atoms with Crippen LogP contribution in [0.2, 0.25) is 0 Å². The molecule has 0 radical (unpaired) electrons. The van der Waals surface area contributed by atoms with Gasteiger partial charge in [0.2, 0.25) is 10.0 Å². The summed E-state index contributed by atoms with van der Waals surface area (Å²) in [6.07, 6.45) is 3.30. The smallest absolute Gasteiger partial charge is 0.321 e. The van der Waals surface area contributed by atoms with Crippen molar-refractivity contribution >= 4 is 16.0 Å². The van der Waals surface area contributed by atoms with E-state index in [2.05, 4.69) is 9.71 Å². The summed E-state index contributed by atoms with van der Waals surface area (Å²) in [5, 5.41) is 8.75. The van der Waals surface area contributed by atoms with Crippen LogP contribution in [-0.2, 0) is 14.8 Å². The number of hydrogen-bond donors (Lipinski definition) is 2. The molecule has 7 heteroatoms. The second kappa shape index (κ2) is 6.02. The van der Waals surface area contributed by atoms with Gasteiger partial charge in [-0.3, -0.25) is 9.78 Å². The molecule has 2 N–H and O–H groups in total. The van der Waals surface area contributed by atoms with Gasteiger partial charge in [-0.25, -0.2) is 8.42 Å². The second-order valence-corrected chi connectivity index (χ2v) is 6.16. The first-order valence-corrected chi connectivity index (χ1v) is 7.64. The second-order valence-electron chi connectivity index (χ2n) is 4.44. The summed E-state index contributed by atoms with van der Waals surface area (Å²) in [4.78, 5) is 14.7. The van der Waals surface area contributed by atoms with E-state index in [1.165, 1.54) is 19.1 Å². The first kappa shape index (κ1) is 15.1. The standard InChI is InChI=1S/C14H14N2O4S/c1-10(14(17)18)16-21(19,20)13-4-2-11(3-5-13)12-6-8-15-9-7-12/h2-10,16H,1H3,(H,17,18). The Morgan fingerprint density at radius 2 is 1.62 bits per heavy atom. The average Bonchev–Trinajstić information content (AvgIpc) is 2.48. The van der Waals surface area contributed by atoms with Gasteiger partial charge in [0.05, 0.1) is 4.90 Å². The molecule has 0 saturated carbocycles. The van der Waals surface area contributed by atoms with E-state index >= 15 is 0 Å². The van der Waals surface area contributed by atoms with Crippen LogP contribution in [0.15, 0.2) is 53.7 Å². The third-order valence-corrected chi connectivity index (χ3v) is 4.44. The summed E-state index contributed by atoms with van der Waals surface area (Å²) in [7, 11) is -3.85. The summed E-state index contributed by atoms with van der Waals surface area (Å²) in [6.45, 7) is 1.27. The van der Waals surface area contributed by atoms with E-state index < -0.39 is 22.0 Å². The lowest BCUT2D eigenvalue weighted by atomic mass is 10.1. The normalized spacial score (nSPS) is 12.8. The van der Waals surface area contributed by atoms with Crippen LogP contribution in [0.3, 0.4) is 0 Å². The van der Waals surface area contributed by atoms with Gasteiger partial charge in [-0.05, 0) is 42.3 Å². The minimum Gasteiger partial charge on any atom is -0.480 e. The Morgan fingerprint density at radius 3 is 2.14 bits per heavy atom. The molecule has 0 aliphatic heterocycles. The number of sulfonamides is 1. The van der Waals surface area contributed by atoms with E-state index in [-0.39, 0.29) is 4.90 Å². The van der Waals surface area contributed by atoms with E-state index in [4.69, 9.17) is 5.11 Å². The minimum absolute atomic E-state index is 0.0217. The Balaban J connectivity index is 2.25. The third kappa shape index (κ3) is 3.65. The predicted molar refractivity (Wildman–Crippen MR) is 77.1 cm³/mol. The van der Waals surface area contributed by atoms with Crippen molar-refractivity contribution in [1.82, 2.24) is 9.71 Å². The van der Waals surface area contributed by atoms with Crippen molar-refractivity contribution in [2.45, 2.75) is 17.9 Å². The quantitative estimate of drug-likeness (QED) is 0.872. The molecule has 1 aromatic heterocycles. The van der Waals surface area contributed by atoms with Crippen LogP contribution >= 0.6 is 0 Å². The van der Waals surface area contributed by atoms with Crippen molar-refractivity contribution < 1.29 is 18.3 Å². The first-order chi connectivity index (χ1) is 9.90. The Morgan fingerprint density at radius 1 is 1.10 bits per heavy atom. The van der Waals surface area contributed by atoms with Crippen molar-refractivity contribution in [3.8, 4) is 11.1 Å². The van der Waals surface area contributed by atoms with Crippen LogP contribution in [0, 0.1) is 0 Å². The molecular formula is C14H14N2O4S. The van der Waals surface area contributed by atoms with Crippen molar-refractivity contribution in [3.05, 3.63) is 48.8 Å². The van der Waals surface area contributed by atoms with Crippen molar-refractivity contribution in [2.75, 3.05) is 0 Å². The fourth-order valence-electron chi connectivity index (χ4n) is 1.72. The lowest BCUT2D eigenvalue weighted by Gasteiger charge is -2.10. The van der Waals surface area contributed by atoms with Crippen LogP contribution < -0.4 is 4.72 Å². The lowest BCUT2D eigenvalue weighted by Crippen LogP contribution is -2.38. The number of carboxylic acid groups (broad SMARTS) is 1. The number of aliphatic carboxylic acids is 1. The van der Waals surface area contributed by atoms with Gasteiger partial charge in [0.15, 0.2) is 0 Å². The van der Waals surface area contributed by atoms with E-state index in [1.54, 1.807) is 24.5 Å². The number of benzene rings is 1. The molecule has 1 unspecified atom stereocenters. The van der Waals surface area contributed by atoms with Crippen LogP contribution in [0.1, 0.15) is 6.92 Å². The maximum atomic E-state index is 12.0. The zero-order valence-electron chi connectivity index (χ0n) is 11.2. The Bertz CT molecular complexity index is 727. The number of rotatable bonds is 5. The van der Waals surface area contributed by atoms with E-state index in [1.807, 2.05) is 12.1 Å². The highest BCUT2D eigenvalue weighted by atomic mass is 32.2. The molecule has 1 heterocycles. The van der Waals surface area contributed by atoms with Gasteiger partial charge in [-0.1, -0.05) is 12.1 Å². The van der Waals surface area contributed by atoms with Crippen molar-refractivity contribution in [2.24, 2.45) is 0 Å². The summed E-state index contributed by atoms with van der Waals surface area (Å²) in [5.74, 6) is -1.23. The maximum Gasteiger partial charge on any atom is 0.321 e. The summed E-state index contributed by atoms with van der Waals surface area (Å²) < 4.78 is 26.1. The maximum absolute atomic E-state index is 12.0. The highest BCUT2D eigenvalue weighted by molar-refractivity contribution is 7.89. The fourth-order valence-corrected chi connectivity index (χ4v) is 2.92. The van der Waals surface area contributed by atoms with Gasteiger partial charge in [-0.15, -0.1) is 0 Å². The number of carboxylic acids is 1. The summed E-state index contributed by atoms with van der Waals surface area (Å²) in [5.41, 5.74) is 1.77. The molecule has 0 spiro atoms. The molecule has 2 aromatic rings. The lowest BCUT2D eigenvalue weighted by molar-refractivity contribution is -0.138. The third-order valence-electron chi connectivity index (χ3n) is 2.88. The molecule has 21 heavy (non-hydrogen) atoms. The van der Waals surface area contributed by atoms with Crippen LogP contribution in [-0.4, -0.2) is 30.5 Å². The summed E-state index contributed by atoms with van der Waals surface area (Å²) in [6, 6.07) is 8.64. The van der Waals surface area contributed by atoms with E-state index in [9.17, 15) is 13.2 Å². The predicted octanol–water partition coefficient (Wildman–Crippen LogP) is 1.50. The molecule has 2 rings (SSSR count). The molecule has 0 fully saturated rings. The Kier molecular flexibility index (Phi) is 4.35. The largest absolute Gasteiger partial charge is 0.480 e. The number of hydrogen-bond acceptors (Lipinski definition) is 4. The van der Waals surface area contributed by atoms with Gasteiger partial charge < -0.3 is 5.11 Å². The van der Waals surface area contributed by atoms with Crippen LogP contribution in [0.5, 0.6) is 0 Å². The average molecular weight is 306 g/mol. The van der Waals surface area contributed by atoms with Crippen LogP contribution in [0.4, 0.5) is 0 Å². The summed E-state index contributed by atoms with van der Waals surface area (Å²) >= 11 is 0. The molecule has 0 aliphatic carbocycles. The molecule has 110 valence electrons. The van der Waals surface area contributed by atoms with E-state index in [0.29, 0.717) is 0 Å². The van der Waals surface area contributed by atoms with Gasteiger partial charge >= 0.3 is 5.97 Å². The number of aromatic nitrogens is 1. The van der Waals surface area contributed by atoms with Gasteiger partial charge in [-0.2, -0.15) is 4.72 Å². The fraction of sp³-hybridized carbons (Fsp3) is 0.143. The van der Waals surface area contributed by atoms with Gasteiger partial charge in [0, 0.05) is 12.4 Å². The molecule has 0 bridgehead atoms. The molecule has 0 saturated heterocycles. The van der Waals surface area contributed by atoms with Crippen LogP contribution in [0.25, 0.3) is 11.1 Å². The monoisotopic (exact) mass is 306 g/mol. The number of pyridine rings is 1. The molecular weight excluding hydrogens is 292 g/mol. The highest BCUT2D eigenvalue weighted by Gasteiger charge is 2.21. The highest BCUT2D eigenvalue weighted by Crippen LogP contribution is 2.20. The molecule has 0 aliphatic rings. The Labute approximate surface area is 122 Å².